The fourth-order valence-corrected chi connectivity index (χ4v) is 3.49. The molecule has 1 amide bonds. The molecule has 0 aliphatic carbocycles. The van der Waals surface area contributed by atoms with E-state index in [1.54, 1.807) is 22.6 Å². The molecule has 0 spiro atoms. The lowest BCUT2D eigenvalue weighted by Gasteiger charge is -2.13. The SMILES string of the molecule is CCCCSC(C)C(=O)Nc1ccnn1Cc1ccccc1Br. The number of halogens is 1. The molecule has 1 unspecified atom stereocenters. The Morgan fingerprint density at radius 1 is 1.39 bits per heavy atom. The molecule has 1 atom stereocenters. The number of benzene rings is 1. The number of hydrogen-bond acceptors (Lipinski definition) is 3. The minimum absolute atomic E-state index is 0.0278. The largest absolute Gasteiger partial charge is 0.310 e. The van der Waals surface area contributed by atoms with Crippen molar-refractivity contribution in [1.82, 2.24) is 9.78 Å². The summed E-state index contributed by atoms with van der Waals surface area (Å²) in [6.07, 6.45) is 4.00. The van der Waals surface area contributed by atoms with Crippen molar-refractivity contribution in [3.8, 4) is 0 Å². The Morgan fingerprint density at radius 3 is 2.91 bits per heavy atom. The molecule has 6 heteroatoms. The molecule has 1 aromatic carbocycles. The number of hydrogen-bond donors (Lipinski definition) is 1. The van der Waals surface area contributed by atoms with Crippen molar-refractivity contribution < 1.29 is 4.79 Å². The molecule has 4 nitrogen and oxygen atoms in total. The van der Waals surface area contributed by atoms with Gasteiger partial charge in [-0.1, -0.05) is 47.5 Å². The zero-order chi connectivity index (χ0) is 16.7. The number of rotatable bonds is 8. The van der Waals surface area contributed by atoms with Gasteiger partial charge in [0.05, 0.1) is 18.0 Å². The van der Waals surface area contributed by atoms with Crippen molar-refractivity contribution in [2.24, 2.45) is 0 Å². The zero-order valence-electron chi connectivity index (χ0n) is 13.5. The van der Waals surface area contributed by atoms with Crippen LogP contribution in [0.1, 0.15) is 32.3 Å². The van der Waals surface area contributed by atoms with Gasteiger partial charge < -0.3 is 5.32 Å². The minimum Gasteiger partial charge on any atom is -0.310 e. The molecule has 23 heavy (non-hydrogen) atoms. The van der Waals surface area contributed by atoms with Crippen molar-refractivity contribution in [3.63, 3.8) is 0 Å². The van der Waals surface area contributed by atoms with Crippen LogP contribution >= 0.6 is 27.7 Å². The lowest BCUT2D eigenvalue weighted by atomic mass is 10.2. The Bertz CT molecular complexity index is 644. The average molecular weight is 396 g/mol. The van der Waals surface area contributed by atoms with Crippen LogP contribution in [0, 0.1) is 0 Å². The van der Waals surface area contributed by atoms with E-state index >= 15 is 0 Å². The summed E-state index contributed by atoms with van der Waals surface area (Å²) in [5.41, 5.74) is 1.12. The van der Waals surface area contributed by atoms with Crippen LogP contribution in [-0.4, -0.2) is 26.7 Å². The molecule has 0 saturated carbocycles. The van der Waals surface area contributed by atoms with E-state index in [-0.39, 0.29) is 11.2 Å². The Labute approximate surface area is 150 Å². The maximum absolute atomic E-state index is 12.3. The monoisotopic (exact) mass is 395 g/mol. The van der Waals surface area contributed by atoms with Crippen LogP contribution in [0.25, 0.3) is 0 Å². The number of anilines is 1. The highest BCUT2D eigenvalue weighted by Crippen LogP contribution is 2.20. The van der Waals surface area contributed by atoms with Crippen LogP contribution in [0.2, 0.25) is 0 Å². The van der Waals surface area contributed by atoms with Gasteiger partial charge in [-0.2, -0.15) is 5.10 Å². The standard InChI is InChI=1S/C17H22BrN3OS/c1-3-4-11-23-13(2)17(22)20-16-9-10-19-21(16)12-14-7-5-6-8-15(14)18/h5-10,13H,3-4,11-12H2,1-2H3,(H,20,22). The molecule has 0 radical (unpaired) electrons. The van der Waals surface area contributed by atoms with Gasteiger partial charge in [0.25, 0.3) is 0 Å². The molecule has 124 valence electrons. The second kappa shape index (κ2) is 9.13. The lowest BCUT2D eigenvalue weighted by molar-refractivity contribution is -0.115. The highest BCUT2D eigenvalue weighted by molar-refractivity contribution is 9.10. The molecular weight excluding hydrogens is 374 g/mol. The van der Waals surface area contributed by atoms with E-state index in [1.807, 2.05) is 37.3 Å². The van der Waals surface area contributed by atoms with E-state index in [2.05, 4.69) is 33.3 Å². The second-order valence-electron chi connectivity index (χ2n) is 5.32. The predicted octanol–water partition coefficient (Wildman–Crippen LogP) is 4.55. The van der Waals surface area contributed by atoms with E-state index in [4.69, 9.17) is 0 Å². The van der Waals surface area contributed by atoms with Gasteiger partial charge in [-0.25, -0.2) is 4.68 Å². The molecule has 2 aromatic rings. The zero-order valence-corrected chi connectivity index (χ0v) is 15.9. The van der Waals surface area contributed by atoms with E-state index in [0.29, 0.717) is 6.54 Å². The number of thioether (sulfide) groups is 1. The topological polar surface area (TPSA) is 46.9 Å². The number of aromatic nitrogens is 2. The third-order valence-electron chi connectivity index (χ3n) is 3.48. The van der Waals surface area contributed by atoms with E-state index in [1.165, 1.54) is 0 Å². The molecule has 0 aliphatic heterocycles. The Morgan fingerprint density at radius 2 is 2.17 bits per heavy atom. The summed E-state index contributed by atoms with van der Waals surface area (Å²) in [5, 5.41) is 7.24. The number of unbranched alkanes of at least 4 members (excludes halogenated alkanes) is 1. The van der Waals surface area contributed by atoms with Crippen molar-refractivity contribution in [3.05, 3.63) is 46.6 Å². The summed E-state index contributed by atoms with van der Waals surface area (Å²) in [5.74, 6) is 1.77. The first-order chi connectivity index (χ1) is 11.1. The third kappa shape index (κ3) is 5.39. The Kier molecular flexibility index (Phi) is 7.17. The first kappa shape index (κ1) is 18.1. The van der Waals surface area contributed by atoms with Gasteiger partial charge in [-0.15, -0.1) is 11.8 Å². The lowest BCUT2D eigenvalue weighted by Crippen LogP contribution is -2.24. The number of carbonyl (C=O) groups is 1. The van der Waals surface area contributed by atoms with Crippen LogP contribution < -0.4 is 5.32 Å². The van der Waals surface area contributed by atoms with Crippen molar-refractivity contribution in [2.75, 3.05) is 11.1 Å². The number of nitrogens with zero attached hydrogens (tertiary/aromatic N) is 2. The van der Waals surface area contributed by atoms with Gasteiger partial charge in [0.2, 0.25) is 5.91 Å². The molecule has 0 fully saturated rings. The molecule has 0 aliphatic rings. The number of nitrogens with one attached hydrogen (secondary N) is 1. The highest BCUT2D eigenvalue weighted by Gasteiger charge is 2.15. The molecule has 1 N–H and O–H groups in total. The third-order valence-corrected chi connectivity index (χ3v) is 5.49. The van der Waals surface area contributed by atoms with Crippen LogP contribution in [0.15, 0.2) is 41.0 Å². The molecule has 0 bridgehead atoms. The summed E-state index contributed by atoms with van der Waals surface area (Å²) in [4.78, 5) is 12.3. The van der Waals surface area contributed by atoms with E-state index in [9.17, 15) is 4.79 Å². The minimum atomic E-state index is -0.0617. The molecule has 1 aromatic heterocycles. The summed E-state index contributed by atoms with van der Waals surface area (Å²) < 4.78 is 2.85. The van der Waals surface area contributed by atoms with Crippen LogP contribution in [-0.2, 0) is 11.3 Å². The molecule has 1 heterocycles. The first-order valence-corrected chi connectivity index (χ1v) is 9.63. The first-order valence-electron chi connectivity index (χ1n) is 7.79. The average Bonchev–Trinajstić information content (AvgIpc) is 2.96. The molecule has 0 saturated heterocycles. The van der Waals surface area contributed by atoms with Gasteiger partial charge >= 0.3 is 0 Å². The molecule has 2 rings (SSSR count). The van der Waals surface area contributed by atoms with Crippen molar-refractivity contribution in [1.29, 1.82) is 0 Å². The van der Waals surface area contributed by atoms with Gasteiger partial charge in [-0.3, -0.25) is 4.79 Å². The Hall–Kier alpha value is -1.27. The predicted molar refractivity (Wildman–Crippen MR) is 101 cm³/mol. The summed E-state index contributed by atoms with van der Waals surface area (Å²) >= 11 is 5.24. The quantitative estimate of drug-likeness (QED) is 0.666. The fraction of sp³-hybridized carbons (Fsp3) is 0.412. The normalized spacial score (nSPS) is 12.1. The number of carbonyl (C=O) groups excluding carboxylic acids is 1. The van der Waals surface area contributed by atoms with Crippen molar-refractivity contribution >= 4 is 39.4 Å². The van der Waals surface area contributed by atoms with E-state index < -0.39 is 0 Å². The van der Waals surface area contributed by atoms with Crippen LogP contribution in [0.4, 0.5) is 5.82 Å². The Balaban J connectivity index is 1.98. The van der Waals surface area contributed by atoms with Gasteiger partial charge in [-0.05, 0) is 30.7 Å². The second-order valence-corrected chi connectivity index (χ2v) is 7.62. The van der Waals surface area contributed by atoms with E-state index in [0.717, 1.165) is 34.4 Å². The number of amides is 1. The van der Waals surface area contributed by atoms with Gasteiger partial charge in [0.1, 0.15) is 5.82 Å². The smallest absolute Gasteiger partial charge is 0.238 e. The summed E-state index contributed by atoms with van der Waals surface area (Å²) in [6, 6.07) is 9.85. The fourth-order valence-electron chi connectivity index (χ4n) is 2.06. The van der Waals surface area contributed by atoms with Crippen LogP contribution in [0.5, 0.6) is 0 Å². The highest BCUT2D eigenvalue weighted by atomic mass is 79.9. The van der Waals surface area contributed by atoms with Gasteiger partial charge in [0.15, 0.2) is 0 Å². The maximum atomic E-state index is 12.3. The molecular formula is C17H22BrN3OS. The van der Waals surface area contributed by atoms with Crippen molar-refractivity contribution in [2.45, 2.75) is 38.5 Å². The summed E-state index contributed by atoms with van der Waals surface area (Å²) in [6.45, 7) is 4.72. The van der Waals surface area contributed by atoms with Crippen LogP contribution in [0.3, 0.4) is 0 Å². The summed E-state index contributed by atoms with van der Waals surface area (Å²) in [7, 11) is 0. The maximum Gasteiger partial charge on any atom is 0.238 e. The van der Waals surface area contributed by atoms with Gasteiger partial charge in [0, 0.05) is 10.5 Å².